The molecule has 4 rings (SSSR count). The molecule has 0 saturated carbocycles. The second-order valence-electron chi connectivity index (χ2n) is 9.30. The van der Waals surface area contributed by atoms with Gasteiger partial charge in [0.15, 0.2) is 6.23 Å². The number of benzene rings is 1. The highest BCUT2D eigenvalue weighted by molar-refractivity contribution is 5.91. The lowest BCUT2D eigenvalue weighted by Gasteiger charge is -2.18. The first-order chi connectivity index (χ1) is 17.0. The molecule has 2 aliphatic rings. The molecule has 2 fully saturated rings. The Kier molecular flexibility index (Phi) is 9.20. The summed E-state index contributed by atoms with van der Waals surface area (Å²) in [4.78, 5) is 37.0. The number of aromatic amines is 1. The van der Waals surface area contributed by atoms with Crippen LogP contribution in [0.3, 0.4) is 0 Å². The third-order valence-corrected chi connectivity index (χ3v) is 6.33. The number of hydrogen-bond acceptors (Lipinski definition) is 8. The Bertz CT molecular complexity index is 1160. The minimum Gasteiger partial charge on any atom is -0.478 e. The molecule has 5 atom stereocenters. The van der Waals surface area contributed by atoms with Crippen molar-refractivity contribution in [3.05, 3.63) is 67.0 Å². The summed E-state index contributed by atoms with van der Waals surface area (Å²) in [5, 5.41) is 32.1. The fraction of sp³-hybridized carbons (Fsp3) is 0.560. The van der Waals surface area contributed by atoms with Crippen LogP contribution in [0, 0.1) is 20.8 Å². The number of carbonyl (C=O) groups is 1. The number of aromatic carboxylic acids is 1. The number of aliphatic hydroxyl groups excluding tert-OH is 2. The average Bonchev–Trinajstić information content (AvgIpc) is 3.59. The number of nitrogens with zero attached hydrogens (tertiary/aromatic N) is 1. The molecule has 5 N–H and O–H groups in total. The second kappa shape index (κ2) is 11.9. The number of unbranched alkanes of at least 4 members (excludes halogenated alkanes) is 1. The van der Waals surface area contributed by atoms with Crippen LogP contribution in [0.2, 0.25) is 0 Å². The summed E-state index contributed by atoms with van der Waals surface area (Å²) in [6.45, 7) is 6.91. The van der Waals surface area contributed by atoms with Gasteiger partial charge in [-0.3, -0.25) is 14.3 Å². The molecule has 3 heterocycles. The van der Waals surface area contributed by atoms with E-state index >= 15 is 0 Å². The minimum atomic E-state index is -1.26. The molecule has 0 aliphatic carbocycles. The van der Waals surface area contributed by atoms with Crippen molar-refractivity contribution in [2.75, 3.05) is 20.2 Å². The zero-order chi connectivity index (χ0) is 26.6. The highest BCUT2D eigenvalue weighted by Crippen LogP contribution is 2.34. The van der Waals surface area contributed by atoms with Crippen LogP contribution >= 0.6 is 0 Å². The summed E-state index contributed by atoms with van der Waals surface area (Å²) >= 11 is 0. The summed E-state index contributed by atoms with van der Waals surface area (Å²) < 4.78 is 11.9. The van der Waals surface area contributed by atoms with E-state index in [9.17, 15) is 24.6 Å². The highest BCUT2D eigenvalue weighted by atomic mass is 16.6. The van der Waals surface area contributed by atoms with Crippen LogP contribution in [-0.4, -0.2) is 75.5 Å². The zero-order valence-electron chi connectivity index (χ0n) is 21.0. The minimum absolute atomic E-state index is 0.265. The number of carboxylic acid groups (broad SMARTS) is 1. The maximum absolute atomic E-state index is 12.1. The maximum Gasteiger partial charge on any atom is 0.336 e. The summed E-state index contributed by atoms with van der Waals surface area (Å²) in [6.07, 6.45) is -0.777. The lowest BCUT2D eigenvalue weighted by Crippen LogP contribution is -2.39. The Morgan fingerprint density at radius 3 is 2.33 bits per heavy atom. The Morgan fingerprint density at radius 1 is 1.14 bits per heavy atom. The quantitative estimate of drug-likeness (QED) is 0.252. The van der Waals surface area contributed by atoms with Gasteiger partial charge in [-0.15, -0.1) is 0 Å². The van der Waals surface area contributed by atoms with E-state index in [1.165, 1.54) is 6.20 Å². The van der Waals surface area contributed by atoms with Gasteiger partial charge in [0.2, 0.25) is 0 Å². The number of ether oxygens (including phenoxy) is 2. The first-order valence-corrected chi connectivity index (χ1v) is 12.0. The molecule has 1 aromatic heterocycles. The fourth-order valence-electron chi connectivity index (χ4n) is 4.50. The molecule has 0 spiro atoms. The standard InChI is InChI=1S/C15H23N3O6.C10H12O2/c1-16-5-3-2-4-8-6-18(15(22)17-13(8)21)14-11(20)10(19)12(24-14)9-7-23-9;1-6-4-7(2)9(10(11)12)8(3)5-6/h6,9-12,14,16,19-20H,2-5,7H2,1H3,(H,17,21,22);4-5H,1-3H3,(H,11,12). The van der Waals surface area contributed by atoms with Crippen molar-refractivity contribution in [1.82, 2.24) is 14.9 Å². The Morgan fingerprint density at radius 2 is 1.78 bits per heavy atom. The van der Waals surface area contributed by atoms with Gasteiger partial charge in [-0.1, -0.05) is 17.7 Å². The van der Waals surface area contributed by atoms with Gasteiger partial charge in [0, 0.05) is 11.8 Å². The van der Waals surface area contributed by atoms with Crippen molar-refractivity contribution >= 4 is 5.97 Å². The van der Waals surface area contributed by atoms with Crippen LogP contribution < -0.4 is 16.6 Å². The number of aryl methyl sites for hydroxylation is 4. The van der Waals surface area contributed by atoms with Crippen LogP contribution in [0.1, 0.15) is 51.7 Å². The molecule has 36 heavy (non-hydrogen) atoms. The van der Waals surface area contributed by atoms with Gasteiger partial charge < -0.3 is 30.1 Å². The van der Waals surface area contributed by atoms with Gasteiger partial charge in [-0.25, -0.2) is 9.59 Å². The molecular formula is C25H35N3O8. The van der Waals surface area contributed by atoms with Crippen LogP contribution in [0.25, 0.3) is 0 Å². The van der Waals surface area contributed by atoms with Crippen molar-refractivity contribution in [2.45, 2.75) is 70.7 Å². The van der Waals surface area contributed by atoms with Crippen molar-refractivity contribution < 1.29 is 29.6 Å². The van der Waals surface area contributed by atoms with Gasteiger partial charge in [0.1, 0.15) is 24.4 Å². The van der Waals surface area contributed by atoms with Gasteiger partial charge >= 0.3 is 11.7 Å². The summed E-state index contributed by atoms with van der Waals surface area (Å²) in [5.41, 5.74) is 2.54. The lowest BCUT2D eigenvalue weighted by atomic mass is 10.0. The predicted octanol–water partition coefficient (Wildman–Crippen LogP) is 0.407. The molecule has 2 aliphatic heterocycles. The number of H-pyrrole nitrogens is 1. The van der Waals surface area contributed by atoms with E-state index in [-0.39, 0.29) is 6.10 Å². The number of epoxide rings is 1. The van der Waals surface area contributed by atoms with Crippen molar-refractivity contribution in [2.24, 2.45) is 0 Å². The summed E-state index contributed by atoms with van der Waals surface area (Å²) in [5.74, 6) is -0.843. The number of hydrogen-bond donors (Lipinski definition) is 5. The smallest absolute Gasteiger partial charge is 0.336 e. The van der Waals surface area contributed by atoms with Gasteiger partial charge in [0.25, 0.3) is 5.56 Å². The second-order valence-corrected chi connectivity index (χ2v) is 9.30. The molecule has 198 valence electrons. The molecule has 0 radical (unpaired) electrons. The number of nitrogens with one attached hydrogen (secondary N) is 2. The molecule has 1 aromatic carbocycles. The zero-order valence-corrected chi connectivity index (χ0v) is 21.0. The Balaban J connectivity index is 0.000000253. The number of aliphatic hydroxyl groups is 2. The van der Waals surface area contributed by atoms with Crippen molar-refractivity contribution in [1.29, 1.82) is 0 Å². The molecule has 11 nitrogen and oxygen atoms in total. The predicted molar refractivity (Wildman–Crippen MR) is 131 cm³/mol. The van der Waals surface area contributed by atoms with E-state index in [1.807, 2.05) is 40.0 Å². The van der Waals surface area contributed by atoms with Crippen LogP contribution in [0.4, 0.5) is 0 Å². The van der Waals surface area contributed by atoms with E-state index in [1.54, 1.807) is 0 Å². The Labute approximate surface area is 208 Å². The summed E-state index contributed by atoms with van der Waals surface area (Å²) in [6, 6.07) is 3.77. The maximum atomic E-state index is 12.1. The molecule has 5 unspecified atom stereocenters. The van der Waals surface area contributed by atoms with E-state index in [0.29, 0.717) is 24.2 Å². The molecule has 0 amide bonds. The first-order valence-electron chi connectivity index (χ1n) is 12.0. The summed E-state index contributed by atoms with van der Waals surface area (Å²) in [7, 11) is 1.86. The van der Waals surface area contributed by atoms with E-state index in [0.717, 1.165) is 40.6 Å². The van der Waals surface area contributed by atoms with Crippen LogP contribution in [0.5, 0.6) is 0 Å². The third kappa shape index (κ3) is 6.48. The number of rotatable bonds is 8. The van der Waals surface area contributed by atoms with Gasteiger partial charge in [0.05, 0.1) is 12.2 Å². The van der Waals surface area contributed by atoms with Crippen LogP contribution in [-0.2, 0) is 15.9 Å². The molecular weight excluding hydrogens is 470 g/mol. The lowest BCUT2D eigenvalue weighted by molar-refractivity contribution is -0.0469. The van der Waals surface area contributed by atoms with Crippen LogP contribution in [0.15, 0.2) is 27.9 Å². The van der Waals surface area contributed by atoms with E-state index in [4.69, 9.17) is 14.6 Å². The van der Waals surface area contributed by atoms with Crippen molar-refractivity contribution in [3.63, 3.8) is 0 Å². The monoisotopic (exact) mass is 505 g/mol. The third-order valence-electron chi connectivity index (χ3n) is 6.33. The molecule has 0 bridgehead atoms. The SMILES string of the molecule is CNCCCCc1cn(C2OC(C3CO3)C(O)C2O)c(=O)[nH]c1=O.Cc1cc(C)c(C(=O)O)c(C)c1. The van der Waals surface area contributed by atoms with Crippen molar-refractivity contribution in [3.8, 4) is 0 Å². The van der Waals surface area contributed by atoms with E-state index in [2.05, 4.69) is 10.3 Å². The number of carboxylic acids is 1. The topological polar surface area (TPSA) is 166 Å². The van der Waals surface area contributed by atoms with Gasteiger partial charge in [-0.2, -0.15) is 0 Å². The van der Waals surface area contributed by atoms with E-state index < -0.39 is 41.8 Å². The highest BCUT2D eigenvalue weighted by Gasteiger charge is 2.51. The average molecular weight is 506 g/mol. The fourth-order valence-corrected chi connectivity index (χ4v) is 4.50. The molecule has 2 saturated heterocycles. The Hall–Kier alpha value is -2.83. The molecule has 11 heteroatoms. The first kappa shape index (κ1) is 27.8. The number of aromatic nitrogens is 2. The van der Waals surface area contributed by atoms with Gasteiger partial charge in [-0.05, 0) is 64.8 Å². The molecule has 2 aromatic rings. The normalized spacial score (nSPS) is 24.8. The largest absolute Gasteiger partial charge is 0.478 e.